The van der Waals surface area contributed by atoms with Crippen molar-refractivity contribution in [3.63, 3.8) is 0 Å². The van der Waals surface area contributed by atoms with E-state index in [1.54, 1.807) is 6.92 Å². The second-order valence-corrected chi connectivity index (χ2v) is 6.16. The predicted molar refractivity (Wildman–Crippen MR) is 66.3 cm³/mol. The Morgan fingerprint density at radius 2 is 1.61 bits per heavy atom. The standard InChI is InChI=1S/C14H24F3N/c1-10(14(15,16)17)11(2)18-8-7-12-5-3-4-6-13(12)9-18/h10-13H,3-9H2,1-2H3/t10-,11?,12+,13?/m1/s1. The molecule has 0 aromatic heterocycles. The van der Waals surface area contributed by atoms with E-state index in [4.69, 9.17) is 0 Å². The Morgan fingerprint density at radius 3 is 2.22 bits per heavy atom. The van der Waals surface area contributed by atoms with Crippen molar-refractivity contribution in [2.75, 3.05) is 13.1 Å². The van der Waals surface area contributed by atoms with E-state index in [1.807, 2.05) is 0 Å². The molecule has 0 spiro atoms. The molecule has 1 saturated heterocycles. The van der Waals surface area contributed by atoms with Crippen LogP contribution in [0.4, 0.5) is 13.2 Å². The summed E-state index contributed by atoms with van der Waals surface area (Å²) in [6.07, 6.45) is 2.12. The van der Waals surface area contributed by atoms with Gasteiger partial charge in [-0.3, -0.25) is 4.90 Å². The highest BCUT2D eigenvalue weighted by Crippen LogP contribution is 2.38. The lowest BCUT2D eigenvalue weighted by Crippen LogP contribution is -2.50. The molecular weight excluding hydrogens is 239 g/mol. The van der Waals surface area contributed by atoms with Gasteiger partial charge in [-0.05, 0) is 38.1 Å². The number of likely N-dealkylation sites (tertiary alicyclic amines) is 1. The number of rotatable bonds is 2. The van der Waals surface area contributed by atoms with Crippen LogP contribution in [0.3, 0.4) is 0 Å². The first kappa shape index (κ1) is 14.2. The maximum absolute atomic E-state index is 12.8. The summed E-state index contributed by atoms with van der Waals surface area (Å²) in [5, 5.41) is 0. The number of hydrogen-bond acceptors (Lipinski definition) is 1. The van der Waals surface area contributed by atoms with Crippen LogP contribution in [-0.4, -0.2) is 30.2 Å². The zero-order valence-corrected chi connectivity index (χ0v) is 11.3. The monoisotopic (exact) mass is 263 g/mol. The highest BCUT2D eigenvalue weighted by molar-refractivity contribution is 4.87. The fourth-order valence-corrected chi connectivity index (χ4v) is 3.59. The average molecular weight is 263 g/mol. The molecule has 18 heavy (non-hydrogen) atoms. The van der Waals surface area contributed by atoms with Crippen LogP contribution in [0.25, 0.3) is 0 Å². The van der Waals surface area contributed by atoms with Crippen LogP contribution in [0, 0.1) is 17.8 Å². The Bertz CT molecular complexity index is 277. The van der Waals surface area contributed by atoms with Crippen LogP contribution in [-0.2, 0) is 0 Å². The zero-order chi connectivity index (χ0) is 13.3. The Kier molecular flexibility index (Phi) is 4.25. The molecule has 0 aromatic rings. The molecule has 2 aliphatic rings. The lowest BCUT2D eigenvalue weighted by atomic mass is 9.74. The van der Waals surface area contributed by atoms with Crippen molar-refractivity contribution in [3.8, 4) is 0 Å². The summed E-state index contributed by atoms with van der Waals surface area (Å²) in [6, 6.07) is -0.382. The number of piperidine rings is 1. The van der Waals surface area contributed by atoms with E-state index in [1.165, 1.54) is 32.6 Å². The smallest absolute Gasteiger partial charge is 0.300 e. The van der Waals surface area contributed by atoms with Gasteiger partial charge in [-0.15, -0.1) is 0 Å². The molecule has 1 saturated carbocycles. The molecule has 0 N–H and O–H groups in total. The molecule has 0 aromatic carbocycles. The normalized spacial score (nSPS) is 33.8. The van der Waals surface area contributed by atoms with Gasteiger partial charge in [0.25, 0.3) is 0 Å². The SMILES string of the molecule is CC([C@@H](C)C(F)(F)F)N1CC[C@@H]2CCCCC2C1. The lowest BCUT2D eigenvalue weighted by molar-refractivity contribution is -0.187. The molecule has 2 unspecified atom stereocenters. The Morgan fingerprint density at radius 1 is 1.00 bits per heavy atom. The number of fused-ring (bicyclic) bond motifs is 1. The summed E-state index contributed by atoms with van der Waals surface area (Å²) < 4.78 is 38.3. The first-order valence-electron chi connectivity index (χ1n) is 7.20. The third-order valence-corrected chi connectivity index (χ3v) is 5.14. The number of halogens is 3. The molecule has 1 heterocycles. The fraction of sp³-hybridized carbons (Fsp3) is 1.00. The van der Waals surface area contributed by atoms with Crippen molar-refractivity contribution in [1.82, 2.24) is 4.90 Å². The molecular formula is C14H24F3N. The van der Waals surface area contributed by atoms with Crippen molar-refractivity contribution >= 4 is 0 Å². The van der Waals surface area contributed by atoms with E-state index in [9.17, 15) is 13.2 Å². The molecule has 4 atom stereocenters. The summed E-state index contributed by atoms with van der Waals surface area (Å²) >= 11 is 0. The van der Waals surface area contributed by atoms with Crippen molar-refractivity contribution in [2.24, 2.45) is 17.8 Å². The molecule has 1 aliphatic heterocycles. The second-order valence-electron chi connectivity index (χ2n) is 6.16. The Labute approximate surface area is 108 Å². The van der Waals surface area contributed by atoms with Gasteiger partial charge in [0.2, 0.25) is 0 Å². The van der Waals surface area contributed by atoms with Gasteiger partial charge < -0.3 is 0 Å². The molecule has 1 nitrogen and oxygen atoms in total. The number of alkyl halides is 3. The maximum Gasteiger partial charge on any atom is 0.393 e. The zero-order valence-electron chi connectivity index (χ0n) is 11.3. The van der Waals surface area contributed by atoms with Crippen LogP contribution < -0.4 is 0 Å². The number of hydrogen-bond donors (Lipinski definition) is 0. The summed E-state index contributed by atoms with van der Waals surface area (Å²) in [7, 11) is 0. The summed E-state index contributed by atoms with van der Waals surface area (Å²) in [5.74, 6) is 0.205. The quantitative estimate of drug-likeness (QED) is 0.725. The maximum atomic E-state index is 12.8. The number of nitrogens with zero attached hydrogens (tertiary/aromatic N) is 1. The van der Waals surface area contributed by atoms with E-state index in [-0.39, 0.29) is 6.04 Å². The van der Waals surface area contributed by atoms with Crippen LogP contribution >= 0.6 is 0 Å². The van der Waals surface area contributed by atoms with Gasteiger partial charge in [-0.1, -0.05) is 26.2 Å². The summed E-state index contributed by atoms with van der Waals surface area (Å²) in [4.78, 5) is 2.07. The topological polar surface area (TPSA) is 3.24 Å². The minimum Gasteiger partial charge on any atom is -0.300 e. The Hall–Kier alpha value is -0.250. The van der Waals surface area contributed by atoms with Crippen molar-refractivity contribution in [2.45, 2.75) is 58.2 Å². The van der Waals surface area contributed by atoms with Gasteiger partial charge >= 0.3 is 6.18 Å². The first-order valence-corrected chi connectivity index (χ1v) is 7.20. The summed E-state index contributed by atoms with van der Waals surface area (Å²) in [5.41, 5.74) is 0. The molecule has 1 aliphatic carbocycles. The fourth-order valence-electron chi connectivity index (χ4n) is 3.59. The lowest BCUT2D eigenvalue weighted by Gasteiger charge is -2.45. The Balaban J connectivity index is 1.94. The second kappa shape index (κ2) is 5.40. The third-order valence-electron chi connectivity index (χ3n) is 5.14. The van der Waals surface area contributed by atoms with Crippen LogP contribution in [0.5, 0.6) is 0 Å². The van der Waals surface area contributed by atoms with E-state index in [0.29, 0.717) is 5.92 Å². The van der Waals surface area contributed by atoms with E-state index in [0.717, 1.165) is 25.4 Å². The molecule has 2 rings (SSSR count). The third kappa shape index (κ3) is 3.01. The largest absolute Gasteiger partial charge is 0.393 e. The molecule has 2 fully saturated rings. The average Bonchev–Trinajstić information content (AvgIpc) is 2.35. The van der Waals surface area contributed by atoms with E-state index < -0.39 is 12.1 Å². The predicted octanol–water partition coefficient (Wildman–Crippen LogP) is 4.09. The van der Waals surface area contributed by atoms with E-state index in [2.05, 4.69) is 4.90 Å². The highest BCUT2D eigenvalue weighted by Gasteiger charge is 2.43. The van der Waals surface area contributed by atoms with Gasteiger partial charge in [-0.2, -0.15) is 13.2 Å². The summed E-state index contributed by atoms with van der Waals surface area (Å²) in [6.45, 7) is 4.79. The van der Waals surface area contributed by atoms with Gasteiger partial charge in [0, 0.05) is 12.6 Å². The van der Waals surface area contributed by atoms with Gasteiger partial charge in [0.15, 0.2) is 0 Å². The molecule has 4 heteroatoms. The molecule has 106 valence electrons. The minimum absolute atomic E-state index is 0.382. The minimum atomic E-state index is -4.07. The van der Waals surface area contributed by atoms with Gasteiger partial charge in [0.05, 0.1) is 5.92 Å². The van der Waals surface area contributed by atoms with Gasteiger partial charge in [-0.25, -0.2) is 0 Å². The van der Waals surface area contributed by atoms with Crippen LogP contribution in [0.15, 0.2) is 0 Å². The van der Waals surface area contributed by atoms with Crippen molar-refractivity contribution < 1.29 is 13.2 Å². The van der Waals surface area contributed by atoms with E-state index >= 15 is 0 Å². The molecule has 0 amide bonds. The van der Waals surface area contributed by atoms with Crippen molar-refractivity contribution in [3.05, 3.63) is 0 Å². The van der Waals surface area contributed by atoms with Crippen LogP contribution in [0.1, 0.15) is 46.0 Å². The molecule has 0 bridgehead atoms. The van der Waals surface area contributed by atoms with Crippen molar-refractivity contribution in [1.29, 1.82) is 0 Å². The molecule has 0 radical (unpaired) electrons. The van der Waals surface area contributed by atoms with Crippen LogP contribution in [0.2, 0.25) is 0 Å². The van der Waals surface area contributed by atoms with Gasteiger partial charge in [0.1, 0.15) is 0 Å². The first-order chi connectivity index (χ1) is 8.39. The highest BCUT2D eigenvalue weighted by atomic mass is 19.4.